The number of aromatic nitrogens is 3. The second kappa shape index (κ2) is 10.7. The van der Waals surface area contributed by atoms with Gasteiger partial charge in [0.1, 0.15) is 11.6 Å². The summed E-state index contributed by atoms with van der Waals surface area (Å²) in [6.45, 7) is 3.99. The number of fused-ring (bicyclic) bond motifs is 1. The molecule has 204 valence electrons. The normalized spacial score (nSPS) is 22.0. The average molecular weight is 523 g/mol. The highest BCUT2D eigenvalue weighted by Crippen LogP contribution is 2.36. The lowest BCUT2D eigenvalue weighted by molar-refractivity contribution is -0.138. The van der Waals surface area contributed by atoms with E-state index in [1.807, 2.05) is 26.2 Å². The van der Waals surface area contributed by atoms with Gasteiger partial charge in [-0.1, -0.05) is 12.8 Å². The van der Waals surface area contributed by atoms with Crippen molar-refractivity contribution in [2.24, 2.45) is 5.92 Å². The summed E-state index contributed by atoms with van der Waals surface area (Å²) in [5, 5.41) is 0. The third kappa shape index (κ3) is 4.93. The van der Waals surface area contributed by atoms with Crippen LogP contribution in [0.25, 0.3) is 6.08 Å². The molecule has 0 spiro atoms. The Morgan fingerprint density at radius 3 is 2.39 bits per heavy atom. The topological polar surface area (TPSA) is 89.4 Å². The molecule has 0 radical (unpaired) electrons. The van der Waals surface area contributed by atoms with Crippen LogP contribution in [-0.2, 0) is 17.8 Å². The van der Waals surface area contributed by atoms with Crippen LogP contribution in [0.2, 0.25) is 0 Å². The van der Waals surface area contributed by atoms with E-state index in [0.717, 1.165) is 88.0 Å². The van der Waals surface area contributed by atoms with Crippen LogP contribution < -0.4 is 11.4 Å². The van der Waals surface area contributed by atoms with Gasteiger partial charge in [0.2, 0.25) is 5.91 Å². The molecule has 1 saturated carbocycles. The Morgan fingerprint density at radius 2 is 1.68 bits per heavy atom. The molecule has 0 bridgehead atoms. The highest BCUT2D eigenvalue weighted by atomic mass is 19.1. The minimum absolute atomic E-state index is 0.0287. The third-order valence-electron chi connectivity index (χ3n) is 9.17. The average Bonchev–Trinajstić information content (AvgIpc) is 3.54. The zero-order chi connectivity index (χ0) is 26.2. The Labute approximate surface area is 223 Å². The number of halogens is 1. The van der Waals surface area contributed by atoms with E-state index < -0.39 is 0 Å². The summed E-state index contributed by atoms with van der Waals surface area (Å²) in [5.41, 5.74) is 8.79. The van der Waals surface area contributed by atoms with Crippen molar-refractivity contribution in [3.05, 3.63) is 51.6 Å². The molecule has 0 aromatic carbocycles. The number of carbonyl (C=O) groups excluding carboxylic acids is 1. The molecule has 3 fully saturated rings. The van der Waals surface area contributed by atoms with Crippen molar-refractivity contribution in [2.75, 3.05) is 31.9 Å². The smallest absolute Gasteiger partial charge is 0.329 e. The van der Waals surface area contributed by atoms with Crippen LogP contribution in [0.4, 0.5) is 10.2 Å². The number of likely N-dealkylation sites (tertiary alicyclic amines) is 2. The molecule has 6 rings (SSSR count). The van der Waals surface area contributed by atoms with E-state index in [2.05, 4.69) is 9.88 Å². The molecule has 2 N–H and O–H groups in total. The molecule has 0 atom stereocenters. The van der Waals surface area contributed by atoms with Crippen molar-refractivity contribution >= 4 is 17.8 Å². The molecule has 2 aliphatic carbocycles. The highest BCUT2D eigenvalue weighted by molar-refractivity contribution is 5.79. The number of nitrogens with two attached hydrogens (primary N) is 1. The molecule has 4 heterocycles. The summed E-state index contributed by atoms with van der Waals surface area (Å²) in [6.07, 6.45) is 11.8. The van der Waals surface area contributed by atoms with Crippen molar-refractivity contribution in [3.63, 3.8) is 0 Å². The number of rotatable bonds is 5. The zero-order valence-corrected chi connectivity index (χ0v) is 22.2. The Bertz CT molecular complexity index is 1260. The van der Waals surface area contributed by atoms with E-state index in [4.69, 9.17) is 5.73 Å². The Balaban J connectivity index is 1.08. The number of pyridine rings is 1. The van der Waals surface area contributed by atoms with E-state index in [0.29, 0.717) is 31.7 Å². The molecule has 1 amide bonds. The van der Waals surface area contributed by atoms with Gasteiger partial charge in [0, 0.05) is 55.9 Å². The van der Waals surface area contributed by atoms with Gasteiger partial charge < -0.3 is 10.6 Å². The van der Waals surface area contributed by atoms with Crippen LogP contribution in [0, 0.1) is 5.92 Å². The van der Waals surface area contributed by atoms with E-state index >= 15 is 0 Å². The monoisotopic (exact) mass is 522 g/mol. The van der Waals surface area contributed by atoms with Crippen molar-refractivity contribution in [3.8, 4) is 0 Å². The standard InChI is InChI=1S/C29H39FN6O2/c30-22-5-6-25-26(18-22)36(23-3-1-2-4-23)29(38)35(25)24-10-15-34(16-11-24)28(37)21-8-13-33(14-9-21)19-20-7-12-32-27(31)17-20/h7,12,17-18,21,23-24H,1-6,8-11,13-16,19H2,(H2,31,32). The summed E-state index contributed by atoms with van der Waals surface area (Å²) in [4.78, 5) is 35.5. The second-order valence-electron chi connectivity index (χ2n) is 11.6. The summed E-state index contributed by atoms with van der Waals surface area (Å²) in [6, 6.07) is 4.17. The molecular formula is C29H39FN6O2. The molecule has 38 heavy (non-hydrogen) atoms. The largest absolute Gasteiger partial charge is 0.384 e. The van der Waals surface area contributed by atoms with Crippen LogP contribution in [-0.4, -0.2) is 56.0 Å². The number of anilines is 1. The van der Waals surface area contributed by atoms with Crippen molar-refractivity contribution < 1.29 is 9.18 Å². The highest BCUT2D eigenvalue weighted by Gasteiger charge is 2.35. The van der Waals surface area contributed by atoms with E-state index in [9.17, 15) is 14.0 Å². The van der Waals surface area contributed by atoms with Crippen molar-refractivity contribution in [1.29, 1.82) is 0 Å². The van der Waals surface area contributed by atoms with Crippen molar-refractivity contribution in [1.82, 2.24) is 23.9 Å². The van der Waals surface area contributed by atoms with Gasteiger partial charge in [0.25, 0.3) is 0 Å². The third-order valence-corrected chi connectivity index (χ3v) is 9.17. The summed E-state index contributed by atoms with van der Waals surface area (Å²) >= 11 is 0. The lowest BCUT2D eigenvalue weighted by Gasteiger charge is -2.37. The van der Waals surface area contributed by atoms with Crippen LogP contribution in [0.1, 0.15) is 86.8 Å². The van der Waals surface area contributed by atoms with Gasteiger partial charge in [-0.3, -0.25) is 18.8 Å². The molecule has 4 aliphatic rings. The summed E-state index contributed by atoms with van der Waals surface area (Å²) in [7, 11) is 0. The Hall–Kier alpha value is -2.94. The molecule has 2 aliphatic heterocycles. The molecule has 0 unspecified atom stereocenters. The van der Waals surface area contributed by atoms with E-state index in [1.54, 1.807) is 12.3 Å². The van der Waals surface area contributed by atoms with Crippen LogP contribution >= 0.6 is 0 Å². The molecule has 9 heteroatoms. The number of allylic oxidation sites excluding steroid dienone is 1. The number of hydrogen-bond donors (Lipinski definition) is 1. The second-order valence-corrected chi connectivity index (χ2v) is 11.6. The fourth-order valence-electron chi connectivity index (χ4n) is 7.14. The Kier molecular flexibility index (Phi) is 7.12. The number of nitrogens with zero attached hydrogens (tertiary/aromatic N) is 5. The number of amides is 1. The first-order valence-corrected chi connectivity index (χ1v) is 14.4. The maximum absolute atomic E-state index is 14.3. The lowest BCUT2D eigenvalue weighted by atomic mass is 9.93. The summed E-state index contributed by atoms with van der Waals surface area (Å²) in [5.74, 6) is 0.742. The van der Waals surface area contributed by atoms with Gasteiger partial charge in [-0.2, -0.15) is 0 Å². The van der Waals surface area contributed by atoms with Gasteiger partial charge in [-0.05, 0) is 81.8 Å². The van der Waals surface area contributed by atoms with E-state index in [-0.39, 0.29) is 35.4 Å². The number of piperidine rings is 2. The fraction of sp³-hybridized carbons (Fsp3) is 0.621. The first-order valence-electron chi connectivity index (χ1n) is 14.4. The maximum Gasteiger partial charge on any atom is 0.329 e. The first-order chi connectivity index (χ1) is 18.5. The minimum Gasteiger partial charge on any atom is -0.384 e. The quantitative estimate of drug-likeness (QED) is 0.639. The molecular weight excluding hydrogens is 483 g/mol. The number of nitrogen functional groups attached to an aromatic ring is 1. The Morgan fingerprint density at radius 1 is 0.974 bits per heavy atom. The minimum atomic E-state index is -0.127. The van der Waals surface area contributed by atoms with Crippen LogP contribution in [0.15, 0.2) is 29.0 Å². The molecule has 2 saturated heterocycles. The van der Waals surface area contributed by atoms with Gasteiger partial charge >= 0.3 is 5.69 Å². The van der Waals surface area contributed by atoms with Crippen LogP contribution in [0.3, 0.4) is 0 Å². The predicted octanol–water partition coefficient (Wildman–Crippen LogP) is 4.07. The SMILES string of the molecule is Nc1cc(CN2CCC(C(=O)N3CCC(n4c5c(n(C6CCCC6)c4=O)C=C(F)CC5)CC3)CC2)ccn1. The van der Waals surface area contributed by atoms with Gasteiger partial charge in [0.15, 0.2) is 0 Å². The van der Waals surface area contributed by atoms with E-state index in [1.165, 1.54) is 0 Å². The summed E-state index contributed by atoms with van der Waals surface area (Å²) < 4.78 is 18.1. The number of imidazole rings is 1. The number of carbonyl (C=O) groups is 1. The molecule has 2 aromatic rings. The lowest BCUT2D eigenvalue weighted by Crippen LogP contribution is -2.46. The number of hydrogen-bond acceptors (Lipinski definition) is 5. The maximum atomic E-state index is 14.3. The fourth-order valence-corrected chi connectivity index (χ4v) is 7.14. The van der Waals surface area contributed by atoms with Gasteiger partial charge in [-0.15, -0.1) is 0 Å². The molecule has 8 nitrogen and oxygen atoms in total. The zero-order valence-electron chi connectivity index (χ0n) is 22.2. The van der Waals surface area contributed by atoms with Crippen LogP contribution in [0.5, 0.6) is 0 Å². The van der Waals surface area contributed by atoms with Gasteiger partial charge in [-0.25, -0.2) is 14.2 Å². The van der Waals surface area contributed by atoms with Gasteiger partial charge in [0.05, 0.1) is 5.69 Å². The first kappa shape index (κ1) is 25.3. The molecule has 2 aromatic heterocycles. The van der Waals surface area contributed by atoms with Crippen molar-refractivity contribution in [2.45, 2.75) is 82.8 Å². The predicted molar refractivity (Wildman–Crippen MR) is 145 cm³/mol.